The van der Waals surface area contributed by atoms with Gasteiger partial charge < -0.3 is 0 Å². The Bertz CT molecular complexity index is 228. The van der Waals surface area contributed by atoms with Crippen molar-refractivity contribution < 1.29 is 0 Å². The molecule has 66 valence electrons. The van der Waals surface area contributed by atoms with Crippen LogP contribution in [-0.2, 0) is 6.42 Å². The quantitative estimate of drug-likeness (QED) is 0.685. The highest BCUT2D eigenvalue weighted by molar-refractivity contribution is 5.01. The fraction of sp³-hybridized carbons (Fsp3) is 0.600. The molecule has 0 amide bonds. The molecule has 0 aliphatic carbocycles. The van der Waals surface area contributed by atoms with E-state index in [0.29, 0.717) is 5.92 Å². The zero-order chi connectivity index (χ0) is 8.97. The molecule has 0 N–H and O–H groups in total. The van der Waals surface area contributed by atoms with Gasteiger partial charge in [0.2, 0.25) is 0 Å². The summed E-state index contributed by atoms with van der Waals surface area (Å²) in [7, 11) is 0. The summed E-state index contributed by atoms with van der Waals surface area (Å²) in [5, 5.41) is 0. The lowest BCUT2D eigenvalue weighted by Gasteiger charge is -2.06. The Morgan fingerprint density at radius 1 is 1.33 bits per heavy atom. The second-order valence-electron chi connectivity index (χ2n) is 3.37. The molecule has 0 aliphatic rings. The minimum Gasteiger partial charge on any atom is -0.258 e. The fourth-order valence-corrected chi connectivity index (χ4v) is 1.03. The van der Waals surface area contributed by atoms with Crippen LogP contribution >= 0.6 is 0 Å². The van der Waals surface area contributed by atoms with Crippen molar-refractivity contribution in [3.63, 3.8) is 0 Å². The summed E-state index contributed by atoms with van der Waals surface area (Å²) in [5.74, 6) is 0.710. The maximum Gasteiger partial charge on any atom is 0.0589 e. The molecule has 2 heteroatoms. The number of hydrogen-bond donors (Lipinski definition) is 0. The molecule has 2 nitrogen and oxygen atoms in total. The smallest absolute Gasteiger partial charge is 0.0589 e. The van der Waals surface area contributed by atoms with Crippen LogP contribution in [0.1, 0.15) is 31.7 Å². The molecular weight excluding hydrogens is 148 g/mol. The summed E-state index contributed by atoms with van der Waals surface area (Å²) in [6.45, 7) is 6.40. The molecule has 0 aliphatic heterocycles. The summed E-state index contributed by atoms with van der Waals surface area (Å²) in [4.78, 5) is 8.51. The molecule has 0 aromatic carbocycles. The number of nitrogens with zero attached hydrogens (tertiary/aromatic N) is 2. The first-order valence-corrected chi connectivity index (χ1v) is 4.50. The third kappa shape index (κ3) is 2.61. The topological polar surface area (TPSA) is 25.8 Å². The first-order chi connectivity index (χ1) is 5.72. The Kier molecular flexibility index (Phi) is 3.20. The molecule has 0 spiro atoms. The number of rotatable bonds is 3. The van der Waals surface area contributed by atoms with Crippen molar-refractivity contribution in [2.75, 3.05) is 0 Å². The molecule has 1 unspecified atom stereocenters. The first-order valence-electron chi connectivity index (χ1n) is 4.50. The van der Waals surface area contributed by atoms with Crippen LogP contribution in [0.5, 0.6) is 0 Å². The lowest BCUT2D eigenvalue weighted by Crippen LogP contribution is -2.00. The molecule has 1 aromatic rings. The van der Waals surface area contributed by atoms with Crippen molar-refractivity contribution in [1.29, 1.82) is 0 Å². The summed E-state index contributed by atoms with van der Waals surface area (Å²) in [6.07, 6.45) is 5.96. The molecule has 12 heavy (non-hydrogen) atoms. The molecule has 0 saturated heterocycles. The van der Waals surface area contributed by atoms with Crippen LogP contribution in [0, 0.1) is 12.8 Å². The lowest BCUT2D eigenvalue weighted by molar-refractivity contribution is 0.551. The Labute approximate surface area is 74.1 Å². The van der Waals surface area contributed by atoms with Gasteiger partial charge >= 0.3 is 0 Å². The van der Waals surface area contributed by atoms with Gasteiger partial charge in [-0.25, -0.2) is 0 Å². The monoisotopic (exact) mass is 164 g/mol. The average molecular weight is 164 g/mol. The molecular formula is C10H16N2. The van der Waals surface area contributed by atoms with Gasteiger partial charge in [-0.3, -0.25) is 9.97 Å². The van der Waals surface area contributed by atoms with Crippen molar-refractivity contribution in [2.45, 2.75) is 33.6 Å². The number of aryl methyl sites for hydroxylation is 1. The van der Waals surface area contributed by atoms with Crippen LogP contribution in [0.4, 0.5) is 0 Å². The van der Waals surface area contributed by atoms with Crippen LogP contribution in [0.25, 0.3) is 0 Å². The minimum atomic E-state index is 0.710. The highest BCUT2D eigenvalue weighted by atomic mass is 14.8. The lowest BCUT2D eigenvalue weighted by atomic mass is 10.0. The molecule has 0 fully saturated rings. The maximum atomic E-state index is 4.30. The van der Waals surface area contributed by atoms with Crippen molar-refractivity contribution in [1.82, 2.24) is 9.97 Å². The van der Waals surface area contributed by atoms with E-state index in [4.69, 9.17) is 0 Å². The van der Waals surface area contributed by atoms with Crippen LogP contribution in [0.2, 0.25) is 0 Å². The van der Waals surface area contributed by atoms with E-state index < -0.39 is 0 Å². The van der Waals surface area contributed by atoms with Crippen LogP contribution in [0.3, 0.4) is 0 Å². The van der Waals surface area contributed by atoms with Gasteiger partial charge in [-0.05, 0) is 19.3 Å². The molecule has 0 saturated carbocycles. The largest absolute Gasteiger partial charge is 0.258 e. The molecule has 1 aromatic heterocycles. The van der Waals surface area contributed by atoms with Gasteiger partial charge in [-0.15, -0.1) is 0 Å². The van der Waals surface area contributed by atoms with Crippen LogP contribution in [-0.4, -0.2) is 9.97 Å². The van der Waals surface area contributed by atoms with E-state index in [1.54, 1.807) is 0 Å². The predicted molar refractivity (Wildman–Crippen MR) is 49.9 cm³/mol. The van der Waals surface area contributed by atoms with Gasteiger partial charge in [-0.2, -0.15) is 0 Å². The first kappa shape index (κ1) is 9.17. The van der Waals surface area contributed by atoms with Gasteiger partial charge in [0.05, 0.1) is 11.4 Å². The number of aromatic nitrogens is 2. The minimum absolute atomic E-state index is 0.710. The van der Waals surface area contributed by atoms with E-state index in [2.05, 4.69) is 23.8 Å². The second-order valence-corrected chi connectivity index (χ2v) is 3.37. The zero-order valence-electron chi connectivity index (χ0n) is 8.04. The summed E-state index contributed by atoms with van der Waals surface area (Å²) >= 11 is 0. The third-order valence-corrected chi connectivity index (χ3v) is 2.09. The highest BCUT2D eigenvalue weighted by Crippen LogP contribution is 2.07. The van der Waals surface area contributed by atoms with Crippen LogP contribution in [0.15, 0.2) is 12.4 Å². The van der Waals surface area contributed by atoms with E-state index in [1.807, 2.05) is 19.3 Å². The summed E-state index contributed by atoms with van der Waals surface area (Å²) < 4.78 is 0. The standard InChI is InChI=1S/C10H16N2/c1-4-8(2)5-10-7-11-9(3)6-12-10/h6-8H,4-5H2,1-3H3. The van der Waals surface area contributed by atoms with E-state index in [-0.39, 0.29) is 0 Å². The molecule has 1 rings (SSSR count). The van der Waals surface area contributed by atoms with Gasteiger partial charge in [0.25, 0.3) is 0 Å². The normalized spacial score (nSPS) is 12.9. The van der Waals surface area contributed by atoms with Gasteiger partial charge in [0, 0.05) is 12.4 Å². The third-order valence-electron chi connectivity index (χ3n) is 2.09. The predicted octanol–water partition coefficient (Wildman–Crippen LogP) is 2.37. The van der Waals surface area contributed by atoms with Gasteiger partial charge in [0.1, 0.15) is 0 Å². The van der Waals surface area contributed by atoms with Crippen molar-refractivity contribution >= 4 is 0 Å². The van der Waals surface area contributed by atoms with E-state index >= 15 is 0 Å². The average Bonchev–Trinajstić information content (AvgIpc) is 2.09. The summed E-state index contributed by atoms with van der Waals surface area (Å²) in [5.41, 5.74) is 2.10. The Hall–Kier alpha value is -0.920. The van der Waals surface area contributed by atoms with Crippen LogP contribution < -0.4 is 0 Å². The fourth-order valence-electron chi connectivity index (χ4n) is 1.03. The molecule has 0 radical (unpaired) electrons. The summed E-state index contributed by atoms with van der Waals surface area (Å²) in [6, 6.07) is 0. The number of hydrogen-bond acceptors (Lipinski definition) is 2. The zero-order valence-corrected chi connectivity index (χ0v) is 8.04. The van der Waals surface area contributed by atoms with E-state index in [9.17, 15) is 0 Å². The van der Waals surface area contributed by atoms with E-state index in [0.717, 1.165) is 17.8 Å². The Morgan fingerprint density at radius 3 is 2.58 bits per heavy atom. The molecule has 1 atom stereocenters. The van der Waals surface area contributed by atoms with E-state index in [1.165, 1.54) is 6.42 Å². The van der Waals surface area contributed by atoms with Crippen molar-refractivity contribution in [2.24, 2.45) is 5.92 Å². The molecule has 0 bridgehead atoms. The van der Waals surface area contributed by atoms with Gasteiger partial charge in [-0.1, -0.05) is 20.3 Å². The maximum absolute atomic E-state index is 4.30. The Morgan fingerprint density at radius 2 is 2.08 bits per heavy atom. The van der Waals surface area contributed by atoms with Crippen molar-refractivity contribution in [3.05, 3.63) is 23.8 Å². The highest BCUT2D eigenvalue weighted by Gasteiger charge is 2.01. The van der Waals surface area contributed by atoms with Crippen molar-refractivity contribution in [3.8, 4) is 0 Å². The second kappa shape index (κ2) is 4.19. The SMILES string of the molecule is CCC(C)Cc1cnc(C)cn1. The molecule has 1 heterocycles. The van der Waals surface area contributed by atoms with Gasteiger partial charge in [0.15, 0.2) is 0 Å². The Balaban J connectivity index is 2.58.